The quantitative estimate of drug-likeness (QED) is 0.0724. The summed E-state index contributed by atoms with van der Waals surface area (Å²) in [4.78, 5) is 11.9. The fourth-order valence-electron chi connectivity index (χ4n) is 5.22. The van der Waals surface area contributed by atoms with Gasteiger partial charge in [-0.3, -0.25) is 4.79 Å². The Morgan fingerprint density at radius 3 is 1.22 bits per heavy atom. The van der Waals surface area contributed by atoms with Gasteiger partial charge in [-0.1, -0.05) is 168 Å². The molecule has 0 aromatic carbocycles. The highest BCUT2D eigenvalue weighted by molar-refractivity contribution is 5.69. The molecular weight excluding hydrogens is 456 g/mol. The molecule has 0 fully saturated rings. The number of unbranched alkanes of at least 4 members (excludes halogenated alkanes) is 23. The Hall–Kier alpha value is -0.570. The molecule has 37 heavy (non-hydrogen) atoms. The minimum absolute atomic E-state index is 0.0144. The highest BCUT2D eigenvalue weighted by atomic mass is 16.5. The first-order chi connectivity index (χ1) is 18.2. The van der Waals surface area contributed by atoms with Crippen LogP contribution < -0.4 is 0 Å². The van der Waals surface area contributed by atoms with Crippen LogP contribution >= 0.6 is 0 Å². The van der Waals surface area contributed by atoms with Gasteiger partial charge in [0, 0.05) is 6.42 Å². The van der Waals surface area contributed by atoms with E-state index in [1.54, 1.807) is 0 Å². The van der Waals surface area contributed by atoms with E-state index >= 15 is 0 Å². The lowest BCUT2D eigenvalue weighted by atomic mass is 10.0. The Kier molecular flexibility index (Phi) is 31.2. The largest absolute Gasteiger partial charge is 0.466 e. The minimum Gasteiger partial charge on any atom is -0.466 e. The van der Waals surface area contributed by atoms with Crippen molar-refractivity contribution in [2.75, 3.05) is 6.61 Å². The molecule has 0 rings (SSSR count). The highest BCUT2D eigenvalue weighted by Gasteiger charge is 2.05. The molecular formula is C34H68O3. The van der Waals surface area contributed by atoms with E-state index in [0.717, 1.165) is 51.4 Å². The predicted octanol–water partition coefficient (Wildman–Crippen LogP) is 11.2. The van der Waals surface area contributed by atoms with Gasteiger partial charge in [0.25, 0.3) is 0 Å². The molecule has 1 unspecified atom stereocenters. The summed E-state index contributed by atoms with van der Waals surface area (Å²) in [5.41, 5.74) is 0. The van der Waals surface area contributed by atoms with Crippen LogP contribution in [-0.4, -0.2) is 23.8 Å². The number of rotatable bonds is 31. The van der Waals surface area contributed by atoms with E-state index in [1.807, 2.05) is 0 Å². The molecule has 3 nitrogen and oxygen atoms in total. The average molecular weight is 525 g/mol. The monoisotopic (exact) mass is 525 g/mol. The zero-order valence-electron chi connectivity index (χ0n) is 25.6. The van der Waals surface area contributed by atoms with Crippen LogP contribution in [-0.2, 0) is 9.53 Å². The van der Waals surface area contributed by atoms with Gasteiger partial charge in [-0.05, 0) is 25.7 Å². The van der Waals surface area contributed by atoms with Crippen molar-refractivity contribution in [2.24, 2.45) is 0 Å². The van der Waals surface area contributed by atoms with Gasteiger partial charge in [-0.15, -0.1) is 0 Å². The Morgan fingerprint density at radius 2 is 0.811 bits per heavy atom. The molecule has 0 aliphatic carbocycles. The lowest BCUT2D eigenvalue weighted by Gasteiger charge is -2.10. The van der Waals surface area contributed by atoms with E-state index in [2.05, 4.69) is 13.8 Å². The van der Waals surface area contributed by atoms with Crippen LogP contribution in [0.5, 0.6) is 0 Å². The number of carbonyl (C=O) groups is 1. The fraction of sp³-hybridized carbons (Fsp3) is 0.971. The number of hydrogen-bond acceptors (Lipinski definition) is 3. The Morgan fingerprint density at radius 1 is 0.486 bits per heavy atom. The number of carbonyl (C=O) groups excluding carboxylic acids is 1. The summed E-state index contributed by atoms with van der Waals surface area (Å²) in [6, 6.07) is 0. The SMILES string of the molecule is CCCCCCCCCCCCCCCC(=O)OCCCCCCC(O)CCCCCCCCCCC. The first-order valence-electron chi connectivity index (χ1n) is 17.0. The Labute approximate surface area is 233 Å². The van der Waals surface area contributed by atoms with E-state index in [9.17, 15) is 9.90 Å². The third kappa shape index (κ3) is 31.5. The lowest BCUT2D eigenvalue weighted by molar-refractivity contribution is -0.143. The molecule has 0 saturated carbocycles. The lowest BCUT2D eigenvalue weighted by Crippen LogP contribution is -2.07. The van der Waals surface area contributed by atoms with Gasteiger partial charge in [0.15, 0.2) is 0 Å². The third-order valence-corrected chi connectivity index (χ3v) is 7.82. The van der Waals surface area contributed by atoms with Crippen LogP contribution in [0.15, 0.2) is 0 Å². The van der Waals surface area contributed by atoms with Crippen molar-refractivity contribution in [1.82, 2.24) is 0 Å². The maximum absolute atomic E-state index is 11.9. The Bertz CT molecular complexity index is 437. The number of hydrogen-bond donors (Lipinski definition) is 1. The van der Waals surface area contributed by atoms with Gasteiger partial charge in [-0.25, -0.2) is 0 Å². The van der Waals surface area contributed by atoms with Crippen LogP contribution in [0.4, 0.5) is 0 Å². The standard InChI is InChI=1S/C34H68O3/c1-3-5-7-9-11-13-14-15-16-18-20-22-27-31-34(36)37-32-28-24-23-26-30-33(35)29-25-21-19-17-12-10-8-6-4-2/h33,35H,3-32H2,1-2H3. The molecule has 0 aromatic heterocycles. The van der Waals surface area contributed by atoms with Crippen LogP contribution in [0.1, 0.15) is 200 Å². The van der Waals surface area contributed by atoms with Crippen molar-refractivity contribution in [3.8, 4) is 0 Å². The summed E-state index contributed by atoms with van der Waals surface area (Å²) >= 11 is 0. The summed E-state index contributed by atoms with van der Waals surface area (Å²) in [6.07, 6.45) is 35.9. The molecule has 222 valence electrons. The molecule has 0 spiro atoms. The van der Waals surface area contributed by atoms with E-state index < -0.39 is 0 Å². The van der Waals surface area contributed by atoms with Gasteiger partial charge < -0.3 is 9.84 Å². The van der Waals surface area contributed by atoms with Gasteiger partial charge in [0.05, 0.1) is 12.7 Å². The van der Waals surface area contributed by atoms with E-state index in [0.29, 0.717) is 13.0 Å². The fourth-order valence-corrected chi connectivity index (χ4v) is 5.22. The van der Waals surface area contributed by atoms with Crippen LogP contribution in [0.3, 0.4) is 0 Å². The highest BCUT2D eigenvalue weighted by Crippen LogP contribution is 2.15. The summed E-state index contributed by atoms with van der Waals surface area (Å²) in [6.45, 7) is 5.11. The predicted molar refractivity (Wildman–Crippen MR) is 162 cm³/mol. The van der Waals surface area contributed by atoms with E-state index in [4.69, 9.17) is 4.74 Å². The first-order valence-corrected chi connectivity index (χ1v) is 17.0. The molecule has 3 heteroatoms. The maximum Gasteiger partial charge on any atom is 0.305 e. The number of aliphatic hydroxyl groups excluding tert-OH is 1. The second-order valence-corrected chi connectivity index (χ2v) is 11.7. The summed E-state index contributed by atoms with van der Waals surface area (Å²) in [5.74, 6) is -0.0144. The second kappa shape index (κ2) is 31.6. The Balaban J connectivity index is 3.24. The van der Waals surface area contributed by atoms with Crippen molar-refractivity contribution in [3.05, 3.63) is 0 Å². The molecule has 0 saturated heterocycles. The number of esters is 1. The first kappa shape index (κ1) is 36.4. The summed E-state index contributed by atoms with van der Waals surface area (Å²) in [7, 11) is 0. The van der Waals surface area contributed by atoms with Gasteiger partial charge in [0.1, 0.15) is 0 Å². The van der Waals surface area contributed by atoms with Crippen LogP contribution in [0.25, 0.3) is 0 Å². The van der Waals surface area contributed by atoms with Gasteiger partial charge in [0.2, 0.25) is 0 Å². The van der Waals surface area contributed by atoms with Crippen LogP contribution in [0, 0.1) is 0 Å². The third-order valence-electron chi connectivity index (χ3n) is 7.82. The number of ether oxygens (including phenoxy) is 1. The molecule has 0 radical (unpaired) electrons. The molecule has 0 heterocycles. The summed E-state index contributed by atoms with van der Waals surface area (Å²) < 4.78 is 5.40. The normalized spacial score (nSPS) is 12.2. The molecule has 0 aliphatic rings. The van der Waals surface area contributed by atoms with Crippen molar-refractivity contribution in [2.45, 2.75) is 206 Å². The number of aliphatic hydroxyl groups is 1. The van der Waals surface area contributed by atoms with Crippen molar-refractivity contribution >= 4 is 5.97 Å². The van der Waals surface area contributed by atoms with Crippen molar-refractivity contribution in [1.29, 1.82) is 0 Å². The molecule has 1 atom stereocenters. The van der Waals surface area contributed by atoms with Gasteiger partial charge >= 0.3 is 5.97 Å². The topological polar surface area (TPSA) is 46.5 Å². The molecule has 0 aromatic rings. The van der Waals surface area contributed by atoms with E-state index in [1.165, 1.54) is 128 Å². The average Bonchev–Trinajstić information content (AvgIpc) is 2.89. The zero-order chi connectivity index (χ0) is 27.1. The van der Waals surface area contributed by atoms with Gasteiger partial charge in [-0.2, -0.15) is 0 Å². The molecule has 0 aliphatic heterocycles. The second-order valence-electron chi connectivity index (χ2n) is 11.7. The minimum atomic E-state index is -0.122. The summed E-state index contributed by atoms with van der Waals surface area (Å²) in [5, 5.41) is 10.2. The molecule has 1 N–H and O–H groups in total. The van der Waals surface area contributed by atoms with Crippen molar-refractivity contribution < 1.29 is 14.6 Å². The smallest absolute Gasteiger partial charge is 0.305 e. The maximum atomic E-state index is 11.9. The molecule has 0 bridgehead atoms. The van der Waals surface area contributed by atoms with Crippen LogP contribution in [0.2, 0.25) is 0 Å². The van der Waals surface area contributed by atoms with E-state index in [-0.39, 0.29) is 12.1 Å². The van der Waals surface area contributed by atoms with Crippen molar-refractivity contribution in [3.63, 3.8) is 0 Å². The zero-order valence-corrected chi connectivity index (χ0v) is 25.6. The molecule has 0 amide bonds.